The Morgan fingerprint density at radius 1 is 1.26 bits per heavy atom. The van der Waals surface area contributed by atoms with Crippen molar-refractivity contribution in [3.63, 3.8) is 0 Å². The first-order valence-electron chi connectivity index (χ1n) is 6.92. The van der Waals surface area contributed by atoms with E-state index in [0.717, 1.165) is 31.2 Å². The highest BCUT2D eigenvalue weighted by Crippen LogP contribution is 2.27. The molecule has 0 unspecified atom stereocenters. The molecule has 1 aromatic carbocycles. The molecule has 1 aromatic rings. The topological polar surface area (TPSA) is 75.4 Å². The molecule has 0 aliphatic heterocycles. The third-order valence-corrected chi connectivity index (χ3v) is 3.84. The minimum atomic E-state index is -0.583. The molecule has 1 amide bonds. The molecule has 0 atom stereocenters. The number of nitrogens with one attached hydrogen (secondary N) is 1. The van der Waals surface area contributed by atoms with E-state index < -0.39 is 11.5 Å². The lowest BCUT2D eigenvalue weighted by Gasteiger charge is -2.32. The van der Waals surface area contributed by atoms with Gasteiger partial charge in [0.15, 0.2) is 0 Å². The number of primary amides is 1. The number of aliphatic hydroxyl groups is 1. The van der Waals surface area contributed by atoms with E-state index in [1.807, 2.05) is 12.1 Å². The number of rotatable bonds is 5. The third-order valence-electron chi connectivity index (χ3n) is 3.84. The van der Waals surface area contributed by atoms with Crippen LogP contribution in [-0.4, -0.2) is 23.2 Å². The van der Waals surface area contributed by atoms with Crippen LogP contribution in [0, 0.1) is 0 Å². The number of hydrogen-bond donors (Lipinski definition) is 3. The second-order valence-electron chi connectivity index (χ2n) is 5.41. The summed E-state index contributed by atoms with van der Waals surface area (Å²) in [6, 6.07) is 7.31. The largest absolute Gasteiger partial charge is 0.389 e. The van der Waals surface area contributed by atoms with E-state index >= 15 is 0 Å². The van der Waals surface area contributed by atoms with Gasteiger partial charge in [-0.2, -0.15) is 0 Å². The monoisotopic (exact) mass is 262 g/mol. The van der Waals surface area contributed by atoms with Crippen LogP contribution in [0.15, 0.2) is 24.3 Å². The van der Waals surface area contributed by atoms with Crippen molar-refractivity contribution in [3.8, 4) is 0 Å². The van der Waals surface area contributed by atoms with E-state index in [1.54, 1.807) is 12.1 Å². The molecule has 0 saturated heterocycles. The molecular weight excluding hydrogens is 240 g/mol. The van der Waals surface area contributed by atoms with E-state index in [4.69, 9.17) is 5.73 Å². The summed E-state index contributed by atoms with van der Waals surface area (Å²) in [5.41, 5.74) is 6.19. The molecule has 4 nitrogen and oxygen atoms in total. The van der Waals surface area contributed by atoms with E-state index in [9.17, 15) is 9.90 Å². The first kappa shape index (κ1) is 14.0. The van der Waals surface area contributed by atoms with Crippen LogP contribution in [0.4, 0.5) is 0 Å². The highest BCUT2D eigenvalue weighted by atomic mass is 16.3. The standard InChI is InChI=1S/C15H22N2O2/c16-14(18)13-7-3-2-6-12(13)10-17-11-15(19)8-4-1-5-9-15/h2-3,6-7,17,19H,1,4-5,8-11H2,(H2,16,18). The molecule has 0 aromatic heterocycles. The van der Waals surface area contributed by atoms with Crippen molar-refractivity contribution in [2.45, 2.75) is 44.2 Å². The van der Waals surface area contributed by atoms with Crippen LogP contribution >= 0.6 is 0 Å². The van der Waals surface area contributed by atoms with Crippen molar-refractivity contribution in [2.75, 3.05) is 6.54 Å². The maximum atomic E-state index is 11.3. The van der Waals surface area contributed by atoms with Gasteiger partial charge in [-0.05, 0) is 24.5 Å². The van der Waals surface area contributed by atoms with E-state index in [2.05, 4.69) is 5.32 Å². The van der Waals surface area contributed by atoms with Gasteiger partial charge in [-0.3, -0.25) is 4.79 Å². The molecule has 1 saturated carbocycles. The Kier molecular flexibility index (Phi) is 4.56. The Labute approximate surface area is 114 Å². The molecule has 0 spiro atoms. The van der Waals surface area contributed by atoms with Crippen LogP contribution in [0.25, 0.3) is 0 Å². The van der Waals surface area contributed by atoms with Gasteiger partial charge in [-0.15, -0.1) is 0 Å². The molecule has 4 N–H and O–H groups in total. The van der Waals surface area contributed by atoms with Crippen LogP contribution in [-0.2, 0) is 6.54 Å². The Morgan fingerprint density at radius 3 is 2.63 bits per heavy atom. The lowest BCUT2D eigenvalue weighted by Crippen LogP contribution is -2.42. The first-order chi connectivity index (χ1) is 9.11. The lowest BCUT2D eigenvalue weighted by molar-refractivity contribution is 0.00467. The van der Waals surface area contributed by atoms with Crippen molar-refractivity contribution in [2.24, 2.45) is 5.73 Å². The quantitative estimate of drug-likeness (QED) is 0.754. The second-order valence-corrected chi connectivity index (χ2v) is 5.41. The van der Waals surface area contributed by atoms with Crippen LogP contribution in [0.2, 0.25) is 0 Å². The summed E-state index contributed by atoms with van der Waals surface area (Å²) in [5.74, 6) is -0.409. The molecule has 1 aliphatic rings. The van der Waals surface area contributed by atoms with Crippen LogP contribution in [0.1, 0.15) is 48.0 Å². The fourth-order valence-corrected chi connectivity index (χ4v) is 2.73. The summed E-state index contributed by atoms with van der Waals surface area (Å²) in [5, 5.41) is 13.6. The van der Waals surface area contributed by atoms with Gasteiger partial charge in [-0.25, -0.2) is 0 Å². The minimum absolute atomic E-state index is 0.409. The fraction of sp³-hybridized carbons (Fsp3) is 0.533. The van der Waals surface area contributed by atoms with Gasteiger partial charge < -0.3 is 16.2 Å². The molecule has 4 heteroatoms. The predicted octanol–water partition coefficient (Wildman–Crippen LogP) is 1.57. The van der Waals surface area contributed by atoms with Gasteiger partial charge in [0.1, 0.15) is 0 Å². The highest BCUT2D eigenvalue weighted by Gasteiger charge is 2.28. The molecule has 1 aliphatic carbocycles. The highest BCUT2D eigenvalue weighted by molar-refractivity contribution is 5.94. The predicted molar refractivity (Wildman–Crippen MR) is 74.7 cm³/mol. The molecule has 0 radical (unpaired) electrons. The number of carbonyl (C=O) groups is 1. The van der Waals surface area contributed by atoms with Crippen molar-refractivity contribution in [1.29, 1.82) is 0 Å². The summed E-state index contributed by atoms with van der Waals surface area (Å²) < 4.78 is 0. The van der Waals surface area contributed by atoms with Crippen LogP contribution in [0.5, 0.6) is 0 Å². The lowest BCUT2D eigenvalue weighted by atomic mass is 9.85. The van der Waals surface area contributed by atoms with Crippen molar-refractivity contribution >= 4 is 5.91 Å². The van der Waals surface area contributed by atoms with Crippen molar-refractivity contribution in [3.05, 3.63) is 35.4 Å². The zero-order valence-electron chi connectivity index (χ0n) is 11.2. The van der Waals surface area contributed by atoms with Gasteiger partial charge in [0, 0.05) is 18.7 Å². The zero-order chi connectivity index (χ0) is 13.7. The number of carbonyl (C=O) groups excluding carboxylic acids is 1. The van der Waals surface area contributed by atoms with Crippen LogP contribution < -0.4 is 11.1 Å². The number of amides is 1. The van der Waals surface area contributed by atoms with Crippen LogP contribution in [0.3, 0.4) is 0 Å². The summed E-state index contributed by atoms with van der Waals surface area (Å²) >= 11 is 0. The molecule has 2 rings (SSSR count). The van der Waals surface area contributed by atoms with Gasteiger partial charge in [-0.1, -0.05) is 37.5 Å². The molecule has 19 heavy (non-hydrogen) atoms. The maximum Gasteiger partial charge on any atom is 0.249 e. The Bertz CT molecular complexity index is 440. The molecular formula is C15H22N2O2. The maximum absolute atomic E-state index is 11.3. The van der Waals surface area contributed by atoms with Gasteiger partial charge >= 0.3 is 0 Å². The van der Waals surface area contributed by atoms with Gasteiger partial charge in [0.25, 0.3) is 0 Å². The molecule has 104 valence electrons. The second kappa shape index (κ2) is 6.17. The van der Waals surface area contributed by atoms with E-state index in [0.29, 0.717) is 18.7 Å². The van der Waals surface area contributed by atoms with Gasteiger partial charge in [0.05, 0.1) is 5.60 Å². The number of nitrogens with two attached hydrogens (primary N) is 1. The average molecular weight is 262 g/mol. The molecule has 0 heterocycles. The average Bonchev–Trinajstić information content (AvgIpc) is 2.40. The zero-order valence-corrected chi connectivity index (χ0v) is 11.2. The third kappa shape index (κ3) is 3.78. The summed E-state index contributed by atoms with van der Waals surface area (Å²) in [6.45, 7) is 1.13. The first-order valence-corrected chi connectivity index (χ1v) is 6.92. The Morgan fingerprint density at radius 2 is 1.95 bits per heavy atom. The van der Waals surface area contributed by atoms with Gasteiger partial charge in [0.2, 0.25) is 5.91 Å². The van der Waals surface area contributed by atoms with Crippen molar-refractivity contribution < 1.29 is 9.90 Å². The Balaban J connectivity index is 1.90. The summed E-state index contributed by atoms with van der Waals surface area (Å²) in [6.07, 6.45) is 5.12. The fourth-order valence-electron chi connectivity index (χ4n) is 2.73. The number of hydrogen-bond acceptors (Lipinski definition) is 3. The molecule has 1 fully saturated rings. The SMILES string of the molecule is NC(=O)c1ccccc1CNCC1(O)CCCCC1. The summed E-state index contributed by atoms with van der Waals surface area (Å²) in [7, 11) is 0. The smallest absolute Gasteiger partial charge is 0.249 e. The molecule has 0 bridgehead atoms. The minimum Gasteiger partial charge on any atom is -0.389 e. The summed E-state index contributed by atoms with van der Waals surface area (Å²) in [4.78, 5) is 11.3. The number of benzene rings is 1. The van der Waals surface area contributed by atoms with Crippen molar-refractivity contribution in [1.82, 2.24) is 5.32 Å². The Hall–Kier alpha value is -1.39. The normalized spacial score (nSPS) is 18.2. The van der Waals surface area contributed by atoms with E-state index in [1.165, 1.54) is 6.42 Å². The van der Waals surface area contributed by atoms with E-state index in [-0.39, 0.29) is 0 Å².